The van der Waals surface area contributed by atoms with Gasteiger partial charge in [0, 0.05) is 0 Å². The van der Waals surface area contributed by atoms with Crippen LogP contribution in [0.4, 0.5) is 0 Å². The molecular formula is C6H8ORu+. The van der Waals surface area contributed by atoms with Crippen molar-refractivity contribution in [3.8, 4) is 0 Å². The third kappa shape index (κ3) is 1.61. The van der Waals surface area contributed by atoms with Gasteiger partial charge >= 0.3 is 58.5 Å². The van der Waals surface area contributed by atoms with Crippen LogP contribution in [0.3, 0.4) is 0 Å². The van der Waals surface area contributed by atoms with E-state index in [-0.39, 0.29) is 0 Å². The van der Waals surface area contributed by atoms with Crippen LogP contribution < -0.4 is 0 Å². The van der Waals surface area contributed by atoms with Gasteiger partial charge in [0.05, 0.1) is 0 Å². The van der Waals surface area contributed by atoms with E-state index in [2.05, 4.69) is 30.9 Å². The molecular weight excluding hydrogens is 189 g/mol. The topological polar surface area (TPSA) is 9.23 Å². The molecule has 1 aliphatic heterocycles. The molecule has 0 N–H and O–H groups in total. The normalized spacial score (nSPS) is 20.6. The molecule has 0 fully saturated rings. The molecule has 8 heavy (non-hydrogen) atoms. The molecule has 0 radical (unpaired) electrons. The summed E-state index contributed by atoms with van der Waals surface area (Å²) in [4.78, 5) is 0. The Morgan fingerprint density at radius 2 is 2.50 bits per heavy atom. The molecule has 0 saturated carbocycles. The standard InChI is InChI=1S/C6H8O.Ru/c1-6-2-4-7-5-3-6;/h2H,3,5H2,1H3;/q;+1. The second kappa shape index (κ2) is 2.66. The van der Waals surface area contributed by atoms with E-state index in [1.807, 2.05) is 0 Å². The van der Waals surface area contributed by atoms with E-state index in [1.165, 1.54) is 5.57 Å². The molecule has 0 amide bonds. The van der Waals surface area contributed by atoms with Crippen LogP contribution in [0.1, 0.15) is 13.3 Å². The van der Waals surface area contributed by atoms with E-state index in [4.69, 9.17) is 4.74 Å². The van der Waals surface area contributed by atoms with Gasteiger partial charge in [-0.3, -0.25) is 0 Å². The van der Waals surface area contributed by atoms with Crippen LogP contribution in [0.5, 0.6) is 0 Å². The Morgan fingerprint density at radius 3 is 2.88 bits per heavy atom. The molecule has 0 atom stereocenters. The zero-order valence-corrected chi connectivity index (χ0v) is 6.49. The van der Waals surface area contributed by atoms with Gasteiger partial charge in [0.2, 0.25) is 0 Å². The zero-order chi connectivity index (χ0) is 5.98. The summed E-state index contributed by atoms with van der Waals surface area (Å²) in [6.07, 6.45) is 3.14. The fourth-order valence-corrected chi connectivity index (χ4v) is 1.21. The second-order valence-electron chi connectivity index (χ2n) is 1.88. The Morgan fingerprint density at radius 1 is 1.75 bits per heavy atom. The Balaban J connectivity index is 2.64. The molecule has 0 aromatic rings. The summed E-state index contributed by atoms with van der Waals surface area (Å²) in [7, 11) is 0. The summed E-state index contributed by atoms with van der Waals surface area (Å²) in [5, 5.41) is 0. The zero-order valence-electron chi connectivity index (χ0n) is 4.75. The van der Waals surface area contributed by atoms with Crippen molar-refractivity contribution in [3.63, 3.8) is 0 Å². The van der Waals surface area contributed by atoms with Gasteiger partial charge < -0.3 is 0 Å². The summed E-state index contributed by atoms with van der Waals surface area (Å²) in [6.45, 7) is 2.97. The quantitative estimate of drug-likeness (QED) is 0.527. The van der Waals surface area contributed by atoms with Crippen LogP contribution in [0, 0.1) is 0 Å². The van der Waals surface area contributed by atoms with Gasteiger partial charge in [-0.15, -0.1) is 0 Å². The number of rotatable bonds is 0. The Bertz CT molecular complexity index is 137. The maximum absolute atomic E-state index is 5.16. The van der Waals surface area contributed by atoms with Crippen LogP contribution in [0.15, 0.2) is 11.6 Å². The van der Waals surface area contributed by atoms with Gasteiger partial charge in [0.1, 0.15) is 0 Å². The third-order valence-electron chi connectivity index (χ3n) is 1.09. The first-order valence-electron chi connectivity index (χ1n) is 2.60. The molecule has 1 nitrogen and oxygen atoms in total. The molecule has 1 aliphatic rings. The molecule has 1 heterocycles. The Kier molecular flexibility index (Phi) is 2.10. The van der Waals surface area contributed by atoms with E-state index in [9.17, 15) is 0 Å². The molecule has 1 rings (SSSR count). The van der Waals surface area contributed by atoms with Crippen molar-refractivity contribution in [2.24, 2.45) is 0 Å². The number of hydrogen-bond donors (Lipinski definition) is 0. The molecule has 45 valence electrons. The van der Waals surface area contributed by atoms with E-state index in [0.717, 1.165) is 17.3 Å². The molecule has 0 aromatic carbocycles. The van der Waals surface area contributed by atoms with Crippen LogP contribution >= 0.6 is 0 Å². The third-order valence-corrected chi connectivity index (χ3v) is 1.59. The van der Waals surface area contributed by atoms with E-state index in [1.54, 1.807) is 0 Å². The number of hydrogen-bond acceptors (Lipinski definition) is 1. The van der Waals surface area contributed by atoms with Crippen molar-refractivity contribution in [1.29, 1.82) is 0 Å². The fraction of sp³-hybridized carbons (Fsp3) is 0.500. The van der Waals surface area contributed by atoms with Gasteiger partial charge in [-0.25, -0.2) is 0 Å². The summed E-state index contributed by atoms with van der Waals surface area (Å²) < 4.78 is 6.14. The van der Waals surface area contributed by atoms with Crippen molar-refractivity contribution in [3.05, 3.63) is 11.6 Å². The minimum absolute atomic E-state index is 0.852. The molecule has 0 aromatic heterocycles. The summed E-state index contributed by atoms with van der Waals surface area (Å²) in [5.74, 6) is 0. The van der Waals surface area contributed by atoms with Crippen LogP contribution in [-0.4, -0.2) is 10.9 Å². The SMILES string of the molecule is CC1=C[C](=[Ru+])OCC1. The van der Waals surface area contributed by atoms with Gasteiger partial charge in [-0.2, -0.15) is 0 Å². The molecule has 0 bridgehead atoms. The van der Waals surface area contributed by atoms with Crippen molar-refractivity contribution in [2.45, 2.75) is 13.3 Å². The van der Waals surface area contributed by atoms with Gasteiger partial charge in [-0.05, 0) is 0 Å². The average molecular weight is 197 g/mol. The predicted octanol–water partition coefficient (Wildman–Crippen LogP) is 1.03. The molecule has 0 spiro atoms. The van der Waals surface area contributed by atoms with Gasteiger partial charge in [-0.1, -0.05) is 0 Å². The molecule has 2 heteroatoms. The second-order valence-corrected chi connectivity index (χ2v) is 2.74. The van der Waals surface area contributed by atoms with Crippen LogP contribution in [-0.2, 0) is 22.6 Å². The maximum atomic E-state index is 5.16. The number of ether oxygens (including phenoxy) is 1. The monoisotopic (exact) mass is 198 g/mol. The van der Waals surface area contributed by atoms with Gasteiger partial charge in [0.25, 0.3) is 0 Å². The molecule has 0 unspecified atom stereocenters. The van der Waals surface area contributed by atoms with Gasteiger partial charge in [0.15, 0.2) is 0 Å². The first-order valence-corrected chi connectivity index (χ1v) is 3.47. The van der Waals surface area contributed by atoms with E-state index >= 15 is 0 Å². The Labute approximate surface area is 58.9 Å². The molecule has 0 aliphatic carbocycles. The average Bonchev–Trinajstić information content (AvgIpc) is 1.64. The van der Waals surface area contributed by atoms with Crippen molar-refractivity contribution in [1.82, 2.24) is 0 Å². The van der Waals surface area contributed by atoms with Crippen molar-refractivity contribution < 1.29 is 22.6 Å². The minimum atomic E-state index is 0.852. The Hall–Kier alpha value is 0.193. The van der Waals surface area contributed by atoms with Crippen LogP contribution in [0.2, 0.25) is 0 Å². The first kappa shape index (κ1) is 6.32. The summed E-state index contributed by atoms with van der Waals surface area (Å²) in [5.41, 5.74) is 1.41. The van der Waals surface area contributed by atoms with Crippen molar-refractivity contribution >= 4 is 4.29 Å². The van der Waals surface area contributed by atoms with E-state index < -0.39 is 0 Å². The van der Waals surface area contributed by atoms with E-state index in [0.29, 0.717) is 0 Å². The van der Waals surface area contributed by atoms with Crippen molar-refractivity contribution in [2.75, 3.05) is 6.61 Å². The summed E-state index contributed by atoms with van der Waals surface area (Å²) in [6, 6.07) is 0. The predicted molar refractivity (Wildman–Crippen MR) is 29.3 cm³/mol. The molecule has 0 saturated heterocycles. The first-order chi connectivity index (χ1) is 3.79. The van der Waals surface area contributed by atoms with Crippen LogP contribution in [0.25, 0.3) is 0 Å². The fourth-order valence-electron chi connectivity index (χ4n) is 0.609. The summed E-state index contributed by atoms with van der Waals surface area (Å²) >= 11 is 2.46.